The lowest BCUT2D eigenvalue weighted by molar-refractivity contribution is -0.116. The van der Waals surface area contributed by atoms with Crippen molar-refractivity contribution in [1.29, 1.82) is 0 Å². The molecule has 23 heavy (non-hydrogen) atoms. The Bertz CT molecular complexity index is 721. The number of pyridine rings is 1. The van der Waals surface area contributed by atoms with Gasteiger partial charge in [-0.15, -0.1) is 10.2 Å². The molecule has 0 aliphatic heterocycles. The molecule has 1 amide bonds. The van der Waals surface area contributed by atoms with Crippen LogP contribution in [0.2, 0.25) is 0 Å². The van der Waals surface area contributed by atoms with Crippen LogP contribution in [0.3, 0.4) is 0 Å². The minimum Gasteiger partial charge on any atom is -0.340 e. The molecule has 1 N–H and O–H groups in total. The van der Waals surface area contributed by atoms with Gasteiger partial charge < -0.3 is 4.57 Å². The first-order valence-electron chi connectivity index (χ1n) is 7.75. The van der Waals surface area contributed by atoms with Crippen LogP contribution in [0.1, 0.15) is 49.0 Å². The van der Waals surface area contributed by atoms with Gasteiger partial charge in [0, 0.05) is 29.4 Å². The largest absolute Gasteiger partial charge is 0.340 e. The average molecular weight is 334 g/mol. The van der Waals surface area contributed by atoms with Gasteiger partial charge in [0.25, 0.3) is 0 Å². The summed E-state index contributed by atoms with van der Waals surface area (Å²) in [5.41, 5.74) is 1.48. The van der Waals surface area contributed by atoms with E-state index in [1.54, 1.807) is 4.57 Å². The Morgan fingerprint density at radius 1 is 1.22 bits per heavy atom. The predicted octanol–water partition coefficient (Wildman–Crippen LogP) is 2.86. The lowest BCUT2D eigenvalue weighted by Crippen LogP contribution is -2.23. The molecule has 7 heteroatoms. The van der Waals surface area contributed by atoms with E-state index in [0.29, 0.717) is 11.0 Å². The van der Waals surface area contributed by atoms with E-state index < -0.39 is 0 Å². The van der Waals surface area contributed by atoms with E-state index in [9.17, 15) is 9.59 Å². The van der Waals surface area contributed by atoms with Crippen LogP contribution in [0.5, 0.6) is 0 Å². The molecular formula is C16H22N4O2S. The SMILES string of the molecule is CCC(CC)c1nnc(NC(=O)Cn2c(C)cc(=O)cc2C)s1. The number of aromatic nitrogens is 3. The Kier molecular flexibility index (Phi) is 5.65. The third-order valence-corrected chi connectivity index (χ3v) is 4.88. The topological polar surface area (TPSA) is 76.9 Å². The zero-order chi connectivity index (χ0) is 17.0. The van der Waals surface area contributed by atoms with E-state index in [1.807, 2.05) is 13.8 Å². The molecule has 0 aromatic carbocycles. The molecule has 2 aromatic heterocycles. The van der Waals surface area contributed by atoms with Gasteiger partial charge in [-0.3, -0.25) is 14.9 Å². The molecular weight excluding hydrogens is 312 g/mol. The Morgan fingerprint density at radius 3 is 2.39 bits per heavy atom. The summed E-state index contributed by atoms with van der Waals surface area (Å²) in [5, 5.41) is 12.5. The molecule has 6 nitrogen and oxygen atoms in total. The standard InChI is InChI=1S/C16H22N4O2S/c1-5-12(6-2)15-18-19-16(23-15)17-14(22)9-20-10(3)7-13(21)8-11(20)4/h7-8,12H,5-6,9H2,1-4H3,(H,17,19,22). The number of amides is 1. The molecule has 0 aliphatic rings. The van der Waals surface area contributed by atoms with Crippen molar-refractivity contribution < 1.29 is 4.79 Å². The fourth-order valence-electron chi connectivity index (χ4n) is 2.53. The molecule has 0 saturated carbocycles. The molecule has 2 heterocycles. The maximum atomic E-state index is 12.2. The van der Waals surface area contributed by atoms with Gasteiger partial charge in [0.05, 0.1) is 0 Å². The van der Waals surface area contributed by atoms with Crippen LogP contribution in [0.25, 0.3) is 0 Å². The number of hydrogen-bond acceptors (Lipinski definition) is 5. The van der Waals surface area contributed by atoms with Crippen molar-refractivity contribution in [2.45, 2.75) is 53.0 Å². The Balaban J connectivity index is 2.07. The fraction of sp³-hybridized carbons (Fsp3) is 0.500. The van der Waals surface area contributed by atoms with Gasteiger partial charge in [-0.05, 0) is 26.7 Å². The molecule has 124 valence electrons. The second-order valence-corrected chi connectivity index (χ2v) is 6.58. The highest BCUT2D eigenvalue weighted by molar-refractivity contribution is 7.15. The number of aryl methyl sites for hydroxylation is 2. The van der Waals surface area contributed by atoms with Crippen molar-refractivity contribution in [2.75, 3.05) is 5.32 Å². The zero-order valence-corrected chi connectivity index (χ0v) is 14.7. The van der Waals surface area contributed by atoms with Gasteiger partial charge in [-0.25, -0.2) is 0 Å². The van der Waals surface area contributed by atoms with Crippen molar-refractivity contribution in [1.82, 2.24) is 14.8 Å². The Morgan fingerprint density at radius 2 is 1.83 bits per heavy atom. The third kappa shape index (κ3) is 4.25. The van der Waals surface area contributed by atoms with E-state index >= 15 is 0 Å². The predicted molar refractivity (Wildman–Crippen MR) is 92.0 cm³/mol. The summed E-state index contributed by atoms with van der Waals surface area (Å²) >= 11 is 1.43. The lowest BCUT2D eigenvalue weighted by Gasteiger charge is -2.13. The quantitative estimate of drug-likeness (QED) is 0.881. The summed E-state index contributed by atoms with van der Waals surface area (Å²) < 4.78 is 1.81. The van der Waals surface area contributed by atoms with Crippen LogP contribution in [-0.4, -0.2) is 20.7 Å². The fourth-order valence-corrected chi connectivity index (χ4v) is 3.55. The van der Waals surface area contributed by atoms with Crippen LogP contribution in [0, 0.1) is 13.8 Å². The minimum absolute atomic E-state index is 0.0457. The van der Waals surface area contributed by atoms with E-state index in [1.165, 1.54) is 23.5 Å². The molecule has 0 saturated heterocycles. The van der Waals surface area contributed by atoms with Crippen LogP contribution >= 0.6 is 11.3 Å². The number of carbonyl (C=O) groups is 1. The Labute approximate surface area is 139 Å². The first-order valence-corrected chi connectivity index (χ1v) is 8.57. The third-order valence-electron chi connectivity index (χ3n) is 3.88. The van der Waals surface area contributed by atoms with Crippen molar-refractivity contribution >= 4 is 22.4 Å². The monoisotopic (exact) mass is 334 g/mol. The van der Waals surface area contributed by atoms with E-state index in [-0.39, 0.29) is 17.9 Å². The molecule has 2 rings (SSSR count). The molecule has 0 fully saturated rings. The van der Waals surface area contributed by atoms with E-state index in [0.717, 1.165) is 29.2 Å². The number of carbonyl (C=O) groups excluding carboxylic acids is 1. The highest BCUT2D eigenvalue weighted by Gasteiger charge is 2.15. The summed E-state index contributed by atoms with van der Waals surface area (Å²) in [6.45, 7) is 8.03. The summed E-state index contributed by atoms with van der Waals surface area (Å²) in [5.74, 6) is 0.216. The minimum atomic E-state index is -0.174. The van der Waals surface area contributed by atoms with Gasteiger partial charge in [0.15, 0.2) is 5.43 Å². The summed E-state index contributed by atoms with van der Waals surface area (Å²) in [6.07, 6.45) is 2.02. The van der Waals surface area contributed by atoms with Gasteiger partial charge in [-0.2, -0.15) is 0 Å². The number of nitrogens with one attached hydrogen (secondary N) is 1. The van der Waals surface area contributed by atoms with Crippen LogP contribution in [-0.2, 0) is 11.3 Å². The summed E-state index contributed by atoms with van der Waals surface area (Å²) in [6, 6.07) is 3.05. The molecule has 0 spiro atoms. The normalized spacial score (nSPS) is 11.0. The van der Waals surface area contributed by atoms with Crippen LogP contribution in [0.15, 0.2) is 16.9 Å². The second-order valence-electron chi connectivity index (χ2n) is 5.57. The van der Waals surface area contributed by atoms with Crippen LogP contribution < -0.4 is 10.7 Å². The molecule has 0 atom stereocenters. The number of anilines is 1. The maximum Gasteiger partial charge on any atom is 0.246 e. The molecule has 0 radical (unpaired) electrons. The molecule has 0 unspecified atom stereocenters. The molecule has 2 aromatic rings. The van der Waals surface area contributed by atoms with E-state index in [4.69, 9.17) is 0 Å². The van der Waals surface area contributed by atoms with Gasteiger partial charge in [0.1, 0.15) is 11.6 Å². The molecule has 0 bridgehead atoms. The maximum absolute atomic E-state index is 12.2. The van der Waals surface area contributed by atoms with Crippen molar-refractivity contribution in [3.05, 3.63) is 38.8 Å². The van der Waals surface area contributed by atoms with Crippen LogP contribution in [0.4, 0.5) is 5.13 Å². The first kappa shape index (κ1) is 17.3. The van der Waals surface area contributed by atoms with Crippen molar-refractivity contribution in [3.8, 4) is 0 Å². The first-order chi connectivity index (χ1) is 10.9. The average Bonchev–Trinajstić information content (AvgIpc) is 2.92. The van der Waals surface area contributed by atoms with Gasteiger partial charge >= 0.3 is 0 Å². The highest BCUT2D eigenvalue weighted by Crippen LogP contribution is 2.27. The van der Waals surface area contributed by atoms with E-state index in [2.05, 4.69) is 29.4 Å². The summed E-state index contributed by atoms with van der Waals surface area (Å²) in [4.78, 5) is 23.7. The second kappa shape index (κ2) is 7.50. The van der Waals surface area contributed by atoms with Crippen molar-refractivity contribution in [2.24, 2.45) is 0 Å². The van der Waals surface area contributed by atoms with Crippen molar-refractivity contribution in [3.63, 3.8) is 0 Å². The smallest absolute Gasteiger partial charge is 0.246 e. The van der Waals surface area contributed by atoms with Gasteiger partial charge in [0.2, 0.25) is 11.0 Å². The molecule has 0 aliphatic carbocycles. The number of hydrogen-bond donors (Lipinski definition) is 1. The number of nitrogens with zero attached hydrogens (tertiary/aromatic N) is 3. The van der Waals surface area contributed by atoms with Gasteiger partial charge in [-0.1, -0.05) is 25.2 Å². The summed E-state index contributed by atoms with van der Waals surface area (Å²) in [7, 11) is 0. The zero-order valence-electron chi connectivity index (χ0n) is 13.9. The highest BCUT2D eigenvalue weighted by atomic mass is 32.1. The Hall–Kier alpha value is -2.02. The lowest BCUT2D eigenvalue weighted by atomic mass is 10.1. The number of rotatable bonds is 6.